The average molecular weight is 299 g/mol. The maximum atomic E-state index is 12.4. The summed E-state index contributed by atoms with van der Waals surface area (Å²) in [5.74, 6) is 0. The Morgan fingerprint density at radius 1 is 1.35 bits per heavy atom. The minimum absolute atomic E-state index is 0.0553. The molecule has 1 atom stereocenters. The molecule has 112 valence electrons. The van der Waals surface area contributed by atoms with Crippen molar-refractivity contribution in [3.8, 4) is 0 Å². The molecule has 1 fully saturated rings. The Balaban J connectivity index is 2.13. The molecule has 1 aliphatic rings. The molecule has 2 N–H and O–H groups in total. The standard InChI is InChI=1S/C14H21NO4S/c1-14(8-2-10-19-11-14)15-20(17,18)13-5-3-12(4-6-13)7-9-16/h3-6,15-16H,2,7-11H2,1H3. The fraction of sp³-hybridized carbons (Fsp3) is 0.571. The van der Waals surface area contributed by atoms with Gasteiger partial charge < -0.3 is 9.84 Å². The summed E-state index contributed by atoms with van der Waals surface area (Å²) in [6.07, 6.45) is 2.16. The fourth-order valence-electron chi connectivity index (χ4n) is 2.36. The number of nitrogens with one attached hydrogen (secondary N) is 1. The smallest absolute Gasteiger partial charge is 0.241 e. The van der Waals surface area contributed by atoms with Gasteiger partial charge in [-0.1, -0.05) is 12.1 Å². The molecule has 0 amide bonds. The minimum Gasteiger partial charge on any atom is -0.396 e. The predicted octanol–water partition coefficient (Wildman–Crippen LogP) is 1.07. The maximum absolute atomic E-state index is 12.4. The van der Waals surface area contributed by atoms with Gasteiger partial charge in [-0.05, 0) is 43.9 Å². The van der Waals surface area contributed by atoms with Gasteiger partial charge in [0, 0.05) is 13.2 Å². The Morgan fingerprint density at radius 3 is 2.60 bits per heavy atom. The lowest BCUT2D eigenvalue weighted by Gasteiger charge is -2.33. The Morgan fingerprint density at radius 2 is 2.05 bits per heavy atom. The summed E-state index contributed by atoms with van der Waals surface area (Å²) in [6, 6.07) is 6.59. The summed E-state index contributed by atoms with van der Waals surface area (Å²) in [4.78, 5) is 0.242. The normalized spacial score (nSPS) is 23.7. The van der Waals surface area contributed by atoms with Gasteiger partial charge in [-0.2, -0.15) is 0 Å². The van der Waals surface area contributed by atoms with Crippen LogP contribution >= 0.6 is 0 Å². The molecule has 0 spiro atoms. The maximum Gasteiger partial charge on any atom is 0.241 e. The molecular weight excluding hydrogens is 278 g/mol. The van der Waals surface area contributed by atoms with Gasteiger partial charge in [-0.3, -0.25) is 0 Å². The summed E-state index contributed by atoms with van der Waals surface area (Å²) >= 11 is 0. The van der Waals surface area contributed by atoms with Gasteiger partial charge in [-0.25, -0.2) is 13.1 Å². The number of rotatable bonds is 5. The molecular formula is C14H21NO4S. The highest BCUT2D eigenvalue weighted by atomic mass is 32.2. The lowest BCUT2D eigenvalue weighted by atomic mass is 9.97. The molecule has 2 rings (SSSR count). The van der Waals surface area contributed by atoms with Crippen LogP contribution in [0.3, 0.4) is 0 Å². The third kappa shape index (κ3) is 3.79. The summed E-state index contributed by atoms with van der Waals surface area (Å²) in [5, 5.41) is 8.85. The van der Waals surface area contributed by atoms with Crippen molar-refractivity contribution in [1.29, 1.82) is 0 Å². The van der Waals surface area contributed by atoms with E-state index in [2.05, 4.69) is 4.72 Å². The van der Waals surface area contributed by atoms with Crippen LogP contribution in [0.4, 0.5) is 0 Å². The van der Waals surface area contributed by atoms with E-state index in [-0.39, 0.29) is 11.5 Å². The first-order chi connectivity index (χ1) is 9.45. The second-order valence-corrected chi connectivity index (χ2v) is 7.12. The molecule has 1 aromatic carbocycles. The van der Waals surface area contributed by atoms with Gasteiger partial charge in [0.2, 0.25) is 10.0 Å². The number of hydrogen-bond acceptors (Lipinski definition) is 4. The minimum atomic E-state index is -3.54. The van der Waals surface area contributed by atoms with Crippen molar-refractivity contribution in [2.75, 3.05) is 19.8 Å². The second-order valence-electron chi connectivity index (χ2n) is 5.44. The van der Waals surface area contributed by atoms with E-state index in [0.717, 1.165) is 18.4 Å². The molecule has 0 saturated carbocycles. The lowest BCUT2D eigenvalue weighted by Crippen LogP contribution is -2.51. The Labute approximate surface area is 120 Å². The molecule has 0 radical (unpaired) electrons. The summed E-state index contributed by atoms with van der Waals surface area (Å²) in [7, 11) is -3.54. The topological polar surface area (TPSA) is 75.6 Å². The number of sulfonamides is 1. The zero-order valence-electron chi connectivity index (χ0n) is 11.6. The van der Waals surface area contributed by atoms with Crippen LogP contribution in [-0.2, 0) is 21.2 Å². The van der Waals surface area contributed by atoms with Crippen molar-refractivity contribution in [1.82, 2.24) is 4.72 Å². The third-order valence-corrected chi connectivity index (χ3v) is 5.11. The monoisotopic (exact) mass is 299 g/mol. The summed E-state index contributed by atoms with van der Waals surface area (Å²) < 4.78 is 32.8. The number of hydrogen-bond donors (Lipinski definition) is 2. The molecule has 20 heavy (non-hydrogen) atoms. The molecule has 1 saturated heterocycles. The Bertz CT molecular complexity index is 533. The van der Waals surface area contributed by atoms with E-state index in [1.807, 2.05) is 6.92 Å². The molecule has 0 aliphatic carbocycles. The van der Waals surface area contributed by atoms with Crippen molar-refractivity contribution >= 4 is 10.0 Å². The van der Waals surface area contributed by atoms with Gasteiger partial charge in [0.1, 0.15) is 0 Å². The van der Waals surface area contributed by atoms with E-state index in [0.29, 0.717) is 19.6 Å². The first-order valence-electron chi connectivity index (χ1n) is 6.77. The van der Waals surface area contributed by atoms with E-state index in [1.165, 1.54) is 0 Å². The lowest BCUT2D eigenvalue weighted by molar-refractivity contribution is 0.0386. The largest absolute Gasteiger partial charge is 0.396 e. The van der Waals surface area contributed by atoms with Crippen LogP contribution in [0.5, 0.6) is 0 Å². The van der Waals surface area contributed by atoms with Gasteiger partial charge in [0.25, 0.3) is 0 Å². The Hall–Kier alpha value is -0.950. The number of aliphatic hydroxyl groups is 1. The summed E-state index contributed by atoms with van der Waals surface area (Å²) in [6.45, 7) is 3.01. The average Bonchev–Trinajstić information content (AvgIpc) is 2.39. The van der Waals surface area contributed by atoms with Crippen LogP contribution in [0.25, 0.3) is 0 Å². The Kier molecular flexibility index (Phi) is 4.80. The van der Waals surface area contributed by atoms with Crippen molar-refractivity contribution in [2.24, 2.45) is 0 Å². The van der Waals surface area contributed by atoms with Crippen molar-refractivity contribution < 1.29 is 18.3 Å². The zero-order valence-corrected chi connectivity index (χ0v) is 12.4. The van der Waals surface area contributed by atoms with E-state index in [4.69, 9.17) is 9.84 Å². The molecule has 1 unspecified atom stereocenters. The first kappa shape index (κ1) is 15.4. The fourth-order valence-corrected chi connectivity index (χ4v) is 3.78. The third-order valence-electron chi connectivity index (χ3n) is 3.45. The first-order valence-corrected chi connectivity index (χ1v) is 8.25. The van der Waals surface area contributed by atoms with Crippen LogP contribution in [0.15, 0.2) is 29.2 Å². The molecule has 1 aromatic rings. The van der Waals surface area contributed by atoms with Crippen molar-refractivity contribution in [2.45, 2.75) is 36.6 Å². The highest BCUT2D eigenvalue weighted by molar-refractivity contribution is 7.89. The number of ether oxygens (including phenoxy) is 1. The van der Waals surface area contributed by atoms with Crippen LogP contribution in [0.1, 0.15) is 25.3 Å². The van der Waals surface area contributed by atoms with Crippen LogP contribution in [0, 0.1) is 0 Å². The molecule has 1 heterocycles. The van der Waals surface area contributed by atoms with E-state index >= 15 is 0 Å². The van der Waals surface area contributed by atoms with E-state index < -0.39 is 15.6 Å². The van der Waals surface area contributed by atoms with Crippen LogP contribution in [0.2, 0.25) is 0 Å². The summed E-state index contributed by atoms with van der Waals surface area (Å²) in [5.41, 5.74) is 0.375. The van der Waals surface area contributed by atoms with Crippen molar-refractivity contribution in [3.63, 3.8) is 0 Å². The van der Waals surface area contributed by atoms with Gasteiger partial charge >= 0.3 is 0 Å². The molecule has 0 bridgehead atoms. The van der Waals surface area contributed by atoms with Gasteiger partial charge in [0.15, 0.2) is 0 Å². The van der Waals surface area contributed by atoms with E-state index in [9.17, 15) is 8.42 Å². The number of benzene rings is 1. The van der Waals surface area contributed by atoms with Gasteiger partial charge in [0.05, 0.1) is 17.0 Å². The van der Waals surface area contributed by atoms with Crippen LogP contribution in [-0.4, -0.2) is 38.9 Å². The number of aliphatic hydroxyl groups excluding tert-OH is 1. The van der Waals surface area contributed by atoms with Gasteiger partial charge in [-0.15, -0.1) is 0 Å². The van der Waals surface area contributed by atoms with Crippen LogP contribution < -0.4 is 4.72 Å². The molecule has 1 aliphatic heterocycles. The SMILES string of the molecule is CC1(NS(=O)(=O)c2ccc(CCO)cc2)CCCOC1. The zero-order chi connectivity index (χ0) is 14.6. The predicted molar refractivity (Wildman–Crippen MR) is 76.0 cm³/mol. The van der Waals surface area contributed by atoms with E-state index in [1.54, 1.807) is 24.3 Å². The quantitative estimate of drug-likeness (QED) is 0.853. The molecule has 5 nitrogen and oxygen atoms in total. The molecule has 6 heteroatoms. The molecule has 0 aromatic heterocycles. The second kappa shape index (κ2) is 6.22. The van der Waals surface area contributed by atoms with Crippen molar-refractivity contribution in [3.05, 3.63) is 29.8 Å². The highest BCUT2D eigenvalue weighted by Gasteiger charge is 2.32. The highest BCUT2D eigenvalue weighted by Crippen LogP contribution is 2.22.